The van der Waals surface area contributed by atoms with Crippen LogP contribution in [-0.4, -0.2) is 5.78 Å². The molecule has 76 valence electrons. The molecule has 0 atom stereocenters. The summed E-state index contributed by atoms with van der Waals surface area (Å²) in [6, 6.07) is 9.52. The van der Waals surface area contributed by atoms with E-state index in [-0.39, 0.29) is 0 Å². The second kappa shape index (κ2) is 7.34. The molecule has 0 saturated carbocycles. The van der Waals surface area contributed by atoms with Gasteiger partial charge in [-0.3, -0.25) is 10.6 Å². The largest absolute Gasteiger partial charge is 0.331 e. The fourth-order valence-corrected chi connectivity index (χ4v) is 0.794. The predicted molar refractivity (Wildman–Crippen MR) is 55.5 cm³/mol. The smallest absolute Gasteiger partial charge is 0.323 e. The highest BCUT2D eigenvalue weighted by atomic mass is 35.5. The molecule has 6 heteroatoms. The maximum Gasteiger partial charge on any atom is 0.331 e. The van der Waals surface area contributed by atoms with E-state index < -0.39 is 5.78 Å². The van der Waals surface area contributed by atoms with Gasteiger partial charge >= 0.3 is 5.78 Å². The van der Waals surface area contributed by atoms with Crippen molar-refractivity contribution in [3.8, 4) is 12.1 Å². The number of nitrogen functional groups attached to an aromatic ring is 1. The predicted octanol–water partition coefficient (Wildman–Crippen LogP) is 1.23. The Morgan fingerprint density at radius 1 is 1.33 bits per heavy atom. The Balaban J connectivity index is 0.000000288. The van der Waals surface area contributed by atoms with E-state index in [2.05, 4.69) is 5.43 Å². The first-order valence-electron chi connectivity index (χ1n) is 3.71. The fraction of sp³-hybridized carbons (Fsp3) is 0. The number of nitriles is 2. The number of nitrogens with one attached hydrogen (secondary N) is 1. The topological polar surface area (TPSA) is 103 Å². The van der Waals surface area contributed by atoms with Crippen molar-refractivity contribution in [3.05, 3.63) is 29.3 Å². The number of anilines is 1. The van der Waals surface area contributed by atoms with Gasteiger partial charge in [0.25, 0.3) is 0 Å². The van der Waals surface area contributed by atoms with Crippen LogP contribution in [0.4, 0.5) is 5.69 Å². The molecule has 0 saturated heterocycles. The van der Waals surface area contributed by atoms with Crippen molar-refractivity contribution in [1.82, 2.24) is 0 Å². The van der Waals surface area contributed by atoms with E-state index in [1.807, 2.05) is 18.2 Å². The maximum atomic E-state index is 9.46. The molecule has 5 nitrogen and oxygen atoms in total. The van der Waals surface area contributed by atoms with E-state index in [0.29, 0.717) is 5.02 Å². The molecule has 0 amide bonds. The van der Waals surface area contributed by atoms with E-state index in [9.17, 15) is 4.79 Å². The lowest BCUT2D eigenvalue weighted by molar-refractivity contribution is -0.109. The minimum Gasteiger partial charge on any atom is -0.323 e. The fourth-order valence-electron chi connectivity index (χ4n) is 0.603. The average molecular weight is 223 g/mol. The van der Waals surface area contributed by atoms with Gasteiger partial charge < -0.3 is 5.43 Å². The number of halogens is 1. The highest BCUT2D eigenvalue weighted by Crippen LogP contribution is 2.18. The lowest BCUT2D eigenvalue weighted by Gasteiger charge is -1.99. The third-order valence-electron chi connectivity index (χ3n) is 1.23. The zero-order valence-corrected chi connectivity index (χ0v) is 8.32. The van der Waals surface area contributed by atoms with Crippen molar-refractivity contribution >= 4 is 23.1 Å². The maximum absolute atomic E-state index is 9.46. The number of carbonyl (C=O) groups is 1. The Hall–Kier alpha value is -2.08. The molecule has 0 spiro atoms. The number of para-hydroxylation sites is 1. The van der Waals surface area contributed by atoms with Crippen LogP contribution in [0.25, 0.3) is 0 Å². The Morgan fingerprint density at radius 3 is 2.13 bits per heavy atom. The third-order valence-corrected chi connectivity index (χ3v) is 1.56. The molecule has 0 aromatic heterocycles. The van der Waals surface area contributed by atoms with Crippen LogP contribution in [0.2, 0.25) is 5.02 Å². The van der Waals surface area contributed by atoms with Crippen molar-refractivity contribution in [1.29, 1.82) is 10.5 Å². The Labute approximate surface area is 91.6 Å². The van der Waals surface area contributed by atoms with Gasteiger partial charge in [0.05, 0.1) is 10.7 Å². The lowest BCUT2D eigenvalue weighted by atomic mass is 10.3. The molecule has 1 aromatic carbocycles. The average Bonchev–Trinajstić information content (AvgIpc) is 2.29. The second-order valence-corrected chi connectivity index (χ2v) is 2.58. The molecule has 0 aliphatic heterocycles. The third kappa shape index (κ3) is 5.27. The number of hydrogen-bond donors (Lipinski definition) is 2. The number of hydrogen-bond acceptors (Lipinski definition) is 5. The van der Waals surface area contributed by atoms with Crippen LogP contribution in [0.5, 0.6) is 0 Å². The molecule has 1 aromatic rings. The summed E-state index contributed by atoms with van der Waals surface area (Å²) in [6.45, 7) is 0. The minimum atomic E-state index is -1.05. The van der Waals surface area contributed by atoms with E-state index in [4.69, 9.17) is 28.0 Å². The number of rotatable bonds is 1. The van der Waals surface area contributed by atoms with E-state index in [1.165, 1.54) is 0 Å². The van der Waals surface area contributed by atoms with Crippen LogP contribution < -0.4 is 11.3 Å². The van der Waals surface area contributed by atoms with Crippen LogP contribution in [0.3, 0.4) is 0 Å². The number of benzene rings is 1. The van der Waals surface area contributed by atoms with Gasteiger partial charge in [0.1, 0.15) is 0 Å². The van der Waals surface area contributed by atoms with E-state index in [0.717, 1.165) is 17.8 Å². The summed E-state index contributed by atoms with van der Waals surface area (Å²) in [4.78, 5) is 9.46. The molecular weight excluding hydrogens is 216 g/mol. The van der Waals surface area contributed by atoms with Gasteiger partial charge in [-0.15, -0.1) is 0 Å². The number of Topliss-reactive ketones (excluding diaryl/α,β-unsaturated/α-hetero) is 1. The molecule has 0 aliphatic carbocycles. The first kappa shape index (κ1) is 12.9. The van der Waals surface area contributed by atoms with Crippen LogP contribution in [0, 0.1) is 22.7 Å². The summed E-state index contributed by atoms with van der Waals surface area (Å²) in [5.41, 5.74) is 3.21. The van der Waals surface area contributed by atoms with Crippen LogP contribution in [0.1, 0.15) is 0 Å². The molecule has 0 fully saturated rings. The zero-order valence-electron chi connectivity index (χ0n) is 7.57. The molecule has 0 bridgehead atoms. The van der Waals surface area contributed by atoms with Gasteiger partial charge in [0.15, 0.2) is 12.1 Å². The molecule has 1 rings (SSSR count). The summed E-state index contributed by atoms with van der Waals surface area (Å²) in [7, 11) is 0. The second-order valence-electron chi connectivity index (χ2n) is 2.18. The zero-order chi connectivity index (χ0) is 11.7. The number of carbonyl (C=O) groups excluding carboxylic acids is 1. The molecular formula is C9H7ClN4O. The van der Waals surface area contributed by atoms with Gasteiger partial charge in [-0.2, -0.15) is 10.5 Å². The van der Waals surface area contributed by atoms with Gasteiger partial charge in [-0.1, -0.05) is 23.7 Å². The first-order chi connectivity index (χ1) is 7.15. The van der Waals surface area contributed by atoms with Crippen molar-refractivity contribution < 1.29 is 4.79 Å². The molecule has 0 radical (unpaired) electrons. The SMILES string of the molecule is N#CC(=O)C#N.NNc1ccccc1Cl. The summed E-state index contributed by atoms with van der Waals surface area (Å²) < 4.78 is 0. The van der Waals surface area contributed by atoms with Crippen LogP contribution >= 0.6 is 11.6 Å². The van der Waals surface area contributed by atoms with E-state index >= 15 is 0 Å². The monoisotopic (exact) mass is 222 g/mol. The Morgan fingerprint density at radius 2 is 1.87 bits per heavy atom. The standard InChI is InChI=1S/C6H7ClN2.C3N2O/c7-5-3-1-2-4-6(5)9-8;4-1-3(6)2-5/h1-4,9H,8H2;. The minimum absolute atomic E-state index is 0.639. The lowest BCUT2D eigenvalue weighted by Crippen LogP contribution is -2.06. The highest BCUT2D eigenvalue weighted by Gasteiger charge is 1.91. The molecule has 0 aliphatic rings. The Kier molecular flexibility index (Phi) is 6.32. The molecule has 3 N–H and O–H groups in total. The quantitative estimate of drug-likeness (QED) is 0.423. The summed E-state index contributed by atoms with van der Waals surface area (Å²) in [5.74, 6) is 4.07. The summed E-state index contributed by atoms with van der Waals surface area (Å²) >= 11 is 5.68. The van der Waals surface area contributed by atoms with Gasteiger partial charge in [0.2, 0.25) is 0 Å². The molecule has 0 heterocycles. The molecule has 15 heavy (non-hydrogen) atoms. The number of hydrazine groups is 1. The van der Waals surface area contributed by atoms with Crippen molar-refractivity contribution in [2.45, 2.75) is 0 Å². The number of nitrogens with zero attached hydrogens (tertiary/aromatic N) is 2. The van der Waals surface area contributed by atoms with Gasteiger partial charge in [0, 0.05) is 0 Å². The first-order valence-corrected chi connectivity index (χ1v) is 4.08. The number of nitrogens with two attached hydrogens (primary N) is 1. The van der Waals surface area contributed by atoms with Crippen molar-refractivity contribution in [3.63, 3.8) is 0 Å². The van der Waals surface area contributed by atoms with Gasteiger partial charge in [-0.25, -0.2) is 0 Å². The van der Waals surface area contributed by atoms with E-state index in [1.54, 1.807) is 6.07 Å². The van der Waals surface area contributed by atoms with Crippen molar-refractivity contribution in [2.24, 2.45) is 5.84 Å². The number of ketones is 1. The Bertz CT molecular complexity index is 403. The van der Waals surface area contributed by atoms with Gasteiger partial charge in [-0.05, 0) is 12.1 Å². The summed E-state index contributed by atoms with van der Waals surface area (Å²) in [5, 5.41) is 15.7. The summed E-state index contributed by atoms with van der Waals surface area (Å²) in [6.07, 6.45) is 0. The normalized spacial score (nSPS) is 7.47. The van der Waals surface area contributed by atoms with Crippen molar-refractivity contribution in [2.75, 3.05) is 5.43 Å². The highest BCUT2D eigenvalue weighted by molar-refractivity contribution is 6.33. The van der Waals surface area contributed by atoms with Crippen LogP contribution in [-0.2, 0) is 4.79 Å². The molecule has 0 unspecified atom stereocenters. The van der Waals surface area contributed by atoms with Crippen LogP contribution in [0.15, 0.2) is 24.3 Å².